The number of benzene rings is 3. The van der Waals surface area contributed by atoms with Crippen LogP contribution in [0.15, 0.2) is 71.6 Å². The summed E-state index contributed by atoms with van der Waals surface area (Å²) >= 11 is 0. The monoisotopic (exact) mass is 483 g/mol. The number of carbonyl (C=O) groups is 1. The van der Waals surface area contributed by atoms with Gasteiger partial charge in [0.05, 0.1) is 17.7 Å². The lowest BCUT2D eigenvalue weighted by atomic mass is 10.1. The van der Waals surface area contributed by atoms with Gasteiger partial charge in [-0.3, -0.25) is 14.9 Å². The summed E-state index contributed by atoms with van der Waals surface area (Å²) in [5.74, 6) is -0.505. The molecule has 3 aromatic rings. The van der Waals surface area contributed by atoms with E-state index in [4.69, 9.17) is 4.74 Å². The molecule has 0 fully saturated rings. The van der Waals surface area contributed by atoms with Gasteiger partial charge in [-0.05, 0) is 49.1 Å². The van der Waals surface area contributed by atoms with Gasteiger partial charge in [0, 0.05) is 12.1 Å². The van der Waals surface area contributed by atoms with Crippen LogP contribution in [-0.4, -0.2) is 32.4 Å². The molecule has 0 aliphatic heterocycles. The second-order valence-electron chi connectivity index (χ2n) is 7.76. The van der Waals surface area contributed by atoms with Crippen molar-refractivity contribution in [2.45, 2.75) is 31.2 Å². The summed E-state index contributed by atoms with van der Waals surface area (Å²) in [6, 6.07) is 16.6. The molecule has 1 atom stereocenters. The van der Waals surface area contributed by atoms with Crippen LogP contribution in [0.3, 0.4) is 0 Å². The number of methoxy groups -OCH3 is 1. The Morgan fingerprint density at radius 1 is 1.06 bits per heavy atom. The minimum Gasteiger partial charge on any atom is -0.495 e. The molecule has 10 heteroatoms. The molecule has 0 aliphatic rings. The largest absolute Gasteiger partial charge is 0.495 e. The fraction of sp³-hybridized carbons (Fsp3) is 0.208. The van der Waals surface area contributed by atoms with E-state index in [0.29, 0.717) is 11.1 Å². The SMILES string of the molecule is COc1ccc(C)cc1S(=O)(=O)N[C@@H](Cc1ccccc1)C(=O)Nc1cc([N+](=O)[O-])ccc1C. The van der Waals surface area contributed by atoms with Gasteiger partial charge in [-0.15, -0.1) is 0 Å². The molecule has 2 N–H and O–H groups in total. The normalized spacial score (nSPS) is 12.1. The average molecular weight is 484 g/mol. The Labute approximate surface area is 198 Å². The third kappa shape index (κ3) is 5.97. The zero-order valence-corrected chi connectivity index (χ0v) is 19.8. The van der Waals surface area contributed by atoms with Crippen LogP contribution >= 0.6 is 0 Å². The first-order valence-corrected chi connectivity index (χ1v) is 11.9. The topological polar surface area (TPSA) is 128 Å². The summed E-state index contributed by atoms with van der Waals surface area (Å²) in [5.41, 5.74) is 2.07. The Kier molecular flexibility index (Phi) is 7.64. The lowest BCUT2D eigenvalue weighted by Gasteiger charge is -2.20. The first kappa shape index (κ1) is 24.9. The van der Waals surface area contributed by atoms with E-state index in [0.717, 1.165) is 5.56 Å². The first-order chi connectivity index (χ1) is 16.1. The second kappa shape index (κ2) is 10.4. The molecule has 0 aliphatic carbocycles. The van der Waals surface area contributed by atoms with Crippen LogP contribution < -0.4 is 14.8 Å². The molecule has 0 spiro atoms. The molecular formula is C24H25N3O6S. The molecule has 3 rings (SSSR count). The van der Waals surface area contributed by atoms with Gasteiger partial charge in [0.25, 0.3) is 5.69 Å². The Hall–Kier alpha value is -3.76. The lowest BCUT2D eigenvalue weighted by Crippen LogP contribution is -2.45. The van der Waals surface area contributed by atoms with E-state index in [9.17, 15) is 23.3 Å². The number of hydrogen-bond acceptors (Lipinski definition) is 6. The number of nitro groups is 1. The maximum atomic E-state index is 13.3. The van der Waals surface area contributed by atoms with Crippen LogP contribution in [0, 0.1) is 24.0 Å². The second-order valence-corrected chi connectivity index (χ2v) is 9.45. The summed E-state index contributed by atoms with van der Waals surface area (Å²) in [6.07, 6.45) is 0.0635. The van der Waals surface area contributed by atoms with Crippen molar-refractivity contribution in [3.8, 4) is 5.75 Å². The summed E-state index contributed by atoms with van der Waals surface area (Å²) < 4.78 is 34.2. The quantitative estimate of drug-likeness (QED) is 0.352. The molecule has 0 saturated heterocycles. The average Bonchev–Trinajstić information content (AvgIpc) is 2.80. The maximum absolute atomic E-state index is 13.3. The fourth-order valence-electron chi connectivity index (χ4n) is 3.36. The standard InChI is InChI=1S/C24H25N3O6S/c1-16-9-12-22(33-3)23(13-16)34(31,32)26-21(14-18-7-5-4-6-8-18)24(28)25-20-15-19(27(29)30)11-10-17(20)2/h4-13,15,21,26H,14H2,1-3H3,(H,25,28)/t21-/m0/s1. The van der Waals surface area contributed by atoms with Crippen molar-refractivity contribution in [3.05, 3.63) is 93.5 Å². The molecule has 34 heavy (non-hydrogen) atoms. The van der Waals surface area contributed by atoms with E-state index in [2.05, 4.69) is 10.0 Å². The number of ether oxygens (including phenoxy) is 1. The number of anilines is 1. The summed E-state index contributed by atoms with van der Waals surface area (Å²) in [7, 11) is -2.79. The number of sulfonamides is 1. The van der Waals surface area contributed by atoms with Crippen LogP contribution in [0.25, 0.3) is 0 Å². The zero-order chi connectivity index (χ0) is 24.9. The number of non-ortho nitro benzene ring substituents is 1. The van der Waals surface area contributed by atoms with Gasteiger partial charge in [-0.25, -0.2) is 8.42 Å². The minimum atomic E-state index is -4.16. The third-order valence-corrected chi connectivity index (χ3v) is 6.69. The van der Waals surface area contributed by atoms with E-state index in [-0.39, 0.29) is 28.4 Å². The number of aryl methyl sites for hydroxylation is 2. The van der Waals surface area contributed by atoms with Gasteiger partial charge < -0.3 is 10.1 Å². The van der Waals surface area contributed by atoms with Crippen LogP contribution in [0.1, 0.15) is 16.7 Å². The van der Waals surface area contributed by atoms with Gasteiger partial charge in [0.15, 0.2) is 0 Å². The molecule has 0 radical (unpaired) electrons. The van der Waals surface area contributed by atoms with Crippen molar-refractivity contribution < 1.29 is 22.9 Å². The van der Waals surface area contributed by atoms with Crippen molar-refractivity contribution >= 4 is 27.3 Å². The highest BCUT2D eigenvalue weighted by Crippen LogP contribution is 2.26. The highest BCUT2D eigenvalue weighted by Gasteiger charge is 2.29. The zero-order valence-electron chi connectivity index (χ0n) is 18.9. The van der Waals surface area contributed by atoms with Gasteiger partial charge in [-0.2, -0.15) is 4.72 Å². The van der Waals surface area contributed by atoms with Gasteiger partial charge in [0.2, 0.25) is 15.9 Å². The first-order valence-electron chi connectivity index (χ1n) is 10.4. The maximum Gasteiger partial charge on any atom is 0.271 e. The van der Waals surface area contributed by atoms with E-state index in [1.165, 1.54) is 31.4 Å². The van der Waals surface area contributed by atoms with Crippen LogP contribution in [0.2, 0.25) is 0 Å². The van der Waals surface area contributed by atoms with Gasteiger partial charge in [-0.1, -0.05) is 42.5 Å². The smallest absolute Gasteiger partial charge is 0.271 e. The molecule has 3 aromatic carbocycles. The summed E-state index contributed by atoms with van der Waals surface area (Å²) in [5, 5.41) is 13.8. The number of nitrogens with zero attached hydrogens (tertiary/aromatic N) is 1. The molecule has 9 nitrogen and oxygen atoms in total. The van der Waals surface area contributed by atoms with Crippen molar-refractivity contribution in [1.82, 2.24) is 4.72 Å². The predicted octanol–water partition coefficient (Wildman–Crippen LogP) is 3.75. The Bertz CT molecular complexity index is 1310. The number of carbonyl (C=O) groups excluding carboxylic acids is 1. The minimum absolute atomic E-state index is 0.0635. The molecule has 1 amide bonds. The Balaban J connectivity index is 1.96. The molecule has 0 bridgehead atoms. The number of hydrogen-bond donors (Lipinski definition) is 2. The molecule has 0 heterocycles. The van der Waals surface area contributed by atoms with Crippen LogP contribution in [-0.2, 0) is 21.2 Å². The molecular weight excluding hydrogens is 458 g/mol. The van der Waals surface area contributed by atoms with Crippen LogP contribution in [0.5, 0.6) is 5.75 Å². The van der Waals surface area contributed by atoms with Gasteiger partial charge in [0.1, 0.15) is 16.7 Å². The van der Waals surface area contributed by atoms with Crippen molar-refractivity contribution in [1.29, 1.82) is 0 Å². The lowest BCUT2D eigenvalue weighted by molar-refractivity contribution is -0.384. The fourth-order valence-corrected chi connectivity index (χ4v) is 4.81. The van der Waals surface area contributed by atoms with E-state index >= 15 is 0 Å². The molecule has 0 aromatic heterocycles. The van der Waals surface area contributed by atoms with E-state index < -0.39 is 26.9 Å². The predicted molar refractivity (Wildman–Crippen MR) is 128 cm³/mol. The Morgan fingerprint density at radius 2 is 1.76 bits per heavy atom. The summed E-state index contributed by atoms with van der Waals surface area (Å²) in [4.78, 5) is 23.7. The molecule has 0 saturated carbocycles. The van der Waals surface area contributed by atoms with Gasteiger partial charge >= 0.3 is 0 Å². The van der Waals surface area contributed by atoms with Crippen molar-refractivity contribution in [2.24, 2.45) is 0 Å². The van der Waals surface area contributed by atoms with Crippen molar-refractivity contribution in [3.63, 3.8) is 0 Å². The highest BCUT2D eigenvalue weighted by atomic mass is 32.2. The number of amides is 1. The molecule has 178 valence electrons. The Morgan fingerprint density at radius 3 is 2.41 bits per heavy atom. The van der Waals surface area contributed by atoms with Crippen LogP contribution in [0.4, 0.5) is 11.4 Å². The molecule has 0 unspecified atom stereocenters. The summed E-state index contributed by atoms with van der Waals surface area (Å²) in [6.45, 7) is 3.44. The number of nitro benzene ring substituents is 1. The highest BCUT2D eigenvalue weighted by molar-refractivity contribution is 7.89. The van der Waals surface area contributed by atoms with Crippen molar-refractivity contribution in [2.75, 3.05) is 12.4 Å². The number of rotatable bonds is 9. The van der Waals surface area contributed by atoms with E-state index in [1.54, 1.807) is 50.2 Å². The number of nitrogens with one attached hydrogen (secondary N) is 2. The van der Waals surface area contributed by atoms with E-state index in [1.807, 2.05) is 6.07 Å². The third-order valence-electron chi connectivity index (χ3n) is 5.20.